The zero-order valence-electron chi connectivity index (χ0n) is 20.5. The topological polar surface area (TPSA) is 59.0 Å². The van der Waals surface area contributed by atoms with Crippen molar-refractivity contribution in [2.75, 3.05) is 6.61 Å². The monoisotopic (exact) mass is 486 g/mol. The Morgan fingerprint density at radius 3 is 1.86 bits per heavy atom. The van der Waals surface area contributed by atoms with E-state index < -0.39 is 11.8 Å². The fraction of sp³-hybridized carbons (Fsp3) is 0.219. The van der Waals surface area contributed by atoms with Crippen LogP contribution in [0.25, 0.3) is 10.8 Å². The molecule has 1 saturated heterocycles. The molecule has 5 heteroatoms. The summed E-state index contributed by atoms with van der Waals surface area (Å²) in [6.45, 7) is 2.63. The molecule has 2 bridgehead atoms. The second-order valence-corrected chi connectivity index (χ2v) is 10.0. The van der Waals surface area contributed by atoms with Crippen LogP contribution in [-0.4, -0.2) is 29.6 Å². The lowest BCUT2D eigenvalue weighted by Crippen LogP contribution is -2.41. The lowest BCUT2D eigenvalue weighted by atomic mass is 9.55. The summed E-state index contributed by atoms with van der Waals surface area (Å²) in [6, 6.07) is 28.5. The van der Waals surface area contributed by atoms with Crippen molar-refractivity contribution in [3.05, 3.63) is 113 Å². The molecule has 182 valence electrons. The Balaban J connectivity index is 1.32. The van der Waals surface area contributed by atoms with Crippen LogP contribution < -0.4 is 4.74 Å². The Bertz CT molecular complexity index is 1490. The molecule has 2 atom stereocenters. The van der Waals surface area contributed by atoms with Crippen LogP contribution in [0.5, 0.6) is 5.75 Å². The third kappa shape index (κ3) is 3.13. The minimum atomic E-state index is -0.442. The summed E-state index contributed by atoms with van der Waals surface area (Å²) in [4.78, 5) is 27.7. The van der Waals surface area contributed by atoms with Crippen LogP contribution in [0.15, 0.2) is 90.0 Å². The lowest BCUT2D eigenvalue weighted by Gasteiger charge is -2.45. The van der Waals surface area contributed by atoms with Crippen LogP contribution in [0.3, 0.4) is 0 Å². The van der Waals surface area contributed by atoms with Gasteiger partial charge in [0, 0.05) is 17.4 Å². The lowest BCUT2D eigenvalue weighted by molar-refractivity contribution is -0.139. The van der Waals surface area contributed by atoms with Crippen molar-refractivity contribution in [2.45, 2.75) is 25.2 Å². The average molecular weight is 487 g/mol. The largest absolute Gasteiger partial charge is 0.493 e. The van der Waals surface area contributed by atoms with Crippen LogP contribution in [0.2, 0.25) is 0 Å². The minimum Gasteiger partial charge on any atom is -0.493 e. The van der Waals surface area contributed by atoms with Gasteiger partial charge in [0.2, 0.25) is 0 Å². The molecule has 1 fully saturated rings. The van der Waals surface area contributed by atoms with Crippen LogP contribution in [0.4, 0.5) is 0 Å². The standard InChI is InChI=1S/C32H26N2O3/c1-2-17-37-26-16-15-19-9-3-4-10-20(19)25(26)18-33-34-31(35)29-27-21-11-5-6-12-22(21)28(30(29)32(34)36)24-14-8-7-13-23(24)27/h3-16,18,27-30H,2,17H2,1H3/b33-18-/t27?,28?,29-,30+. The molecular weight excluding hydrogens is 460 g/mol. The first kappa shape index (κ1) is 22.0. The number of fused-ring (bicyclic) bond motifs is 1. The molecule has 0 aromatic heterocycles. The van der Waals surface area contributed by atoms with Crippen molar-refractivity contribution in [2.24, 2.45) is 16.9 Å². The van der Waals surface area contributed by atoms with E-state index in [1.54, 1.807) is 6.21 Å². The Kier molecular flexibility index (Phi) is 5.00. The summed E-state index contributed by atoms with van der Waals surface area (Å²) < 4.78 is 6.01. The van der Waals surface area contributed by atoms with E-state index in [4.69, 9.17) is 4.74 Å². The summed E-state index contributed by atoms with van der Waals surface area (Å²) in [5.41, 5.74) is 5.40. The van der Waals surface area contributed by atoms with Gasteiger partial charge in [0.1, 0.15) is 5.75 Å². The molecule has 37 heavy (non-hydrogen) atoms. The van der Waals surface area contributed by atoms with Gasteiger partial charge in [0.25, 0.3) is 11.8 Å². The number of hydrazone groups is 1. The van der Waals surface area contributed by atoms with Gasteiger partial charge < -0.3 is 4.74 Å². The number of carbonyl (C=O) groups excluding carboxylic acids is 2. The van der Waals surface area contributed by atoms with E-state index in [0.717, 1.165) is 50.0 Å². The minimum absolute atomic E-state index is 0.139. The molecule has 1 heterocycles. The van der Waals surface area contributed by atoms with E-state index in [0.29, 0.717) is 12.4 Å². The second-order valence-electron chi connectivity index (χ2n) is 10.0. The summed E-state index contributed by atoms with van der Waals surface area (Å²) in [5, 5.41) is 7.69. The Morgan fingerprint density at radius 1 is 0.757 bits per heavy atom. The Hall–Kier alpha value is -4.25. The van der Waals surface area contributed by atoms with Crippen LogP contribution in [0, 0.1) is 11.8 Å². The zero-order chi connectivity index (χ0) is 25.1. The molecule has 3 aliphatic carbocycles. The molecule has 1 aliphatic heterocycles. The van der Waals surface area contributed by atoms with Crippen molar-refractivity contribution in [3.63, 3.8) is 0 Å². The van der Waals surface area contributed by atoms with Gasteiger partial charge in [-0.1, -0.05) is 85.8 Å². The van der Waals surface area contributed by atoms with Crippen molar-refractivity contribution < 1.29 is 14.3 Å². The van der Waals surface area contributed by atoms with E-state index in [1.807, 2.05) is 60.7 Å². The summed E-state index contributed by atoms with van der Waals surface area (Å²) in [7, 11) is 0. The Morgan fingerprint density at radius 2 is 1.30 bits per heavy atom. The van der Waals surface area contributed by atoms with Gasteiger partial charge in [-0.2, -0.15) is 10.1 Å². The zero-order valence-corrected chi connectivity index (χ0v) is 20.5. The number of rotatable bonds is 5. The van der Waals surface area contributed by atoms with Crippen molar-refractivity contribution >= 4 is 28.8 Å². The second kappa shape index (κ2) is 8.41. The number of benzene rings is 4. The highest BCUT2D eigenvalue weighted by atomic mass is 16.5. The average Bonchev–Trinajstić information content (AvgIpc) is 3.20. The fourth-order valence-electron chi connectivity index (χ4n) is 6.64. The molecule has 0 spiro atoms. The van der Waals surface area contributed by atoms with Gasteiger partial charge in [-0.25, -0.2) is 0 Å². The first-order valence-electron chi connectivity index (χ1n) is 12.9. The molecule has 0 N–H and O–H groups in total. The summed E-state index contributed by atoms with van der Waals surface area (Å²) in [5.74, 6) is -0.908. The third-order valence-electron chi connectivity index (χ3n) is 8.12. The van der Waals surface area contributed by atoms with Gasteiger partial charge in [0.15, 0.2) is 0 Å². The van der Waals surface area contributed by atoms with Crippen LogP contribution >= 0.6 is 0 Å². The summed E-state index contributed by atoms with van der Waals surface area (Å²) >= 11 is 0. The number of ether oxygens (including phenoxy) is 1. The smallest absolute Gasteiger partial charge is 0.254 e. The first-order valence-corrected chi connectivity index (χ1v) is 12.9. The van der Waals surface area contributed by atoms with Gasteiger partial charge >= 0.3 is 0 Å². The van der Waals surface area contributed by atoms with E-state index in [9.17, 15) is 9.59 Å². The maximum atomic E-state index is 13.9. The predicted molar refractivity (Wildman–Crippen MR) is 143 cm³/mol. The molecule has 8 rings (SSSR count). The van der Waals surface area contributed by atoms with Gasteiger partial charge in [-0.3, -0.25) is 9.59 Å². The maximum absolute atomic E-state index is 13.9. The molecule has 5 nitrogen and oxygen atoms in total. The van der Waals surface area contributed by atoms with E-state index in [-0.39, 0.29) is 23.7 Å². The van der Waals surface area contributed by atoms with Gasteiger partial charge in [-0.05, 0) is 45.5 Å². The quantitative estimate of drug-likeness (QED) is 0.262. The molecule has 4 aliphatic rings. The molecular formula is C32H26N2O3. The predicted octanol–water partition coefficient (Wildman–Crippen LogP) is 5.85. The normalized spacial score (nSPS) is 23.4. The number of hydrogen-bond acceptors (Lipinski definition) is 4. The van der Waals surface area contributed by atoms with Crippen LogP contribution in [0.1, 0.15) is 53.0 Å². The number of carbonyl (C=O) groups is 2. The maximum Gasteiger partial charge on any atom is 0.254 e. The SMILES string of the molecule is CCCOc1ccc2ccccc2c1/C=N\N1C(=O)[C@@H]2C3c4ccccc4C(c4ccccc43)[C@@H]2C1=O. The number of amides is 2. The third-order valence-corrected chi connectivity index (χ3v) is 8.12. The summed E-state index contributed by atoms with van der Waals surface area (Å²) in [6.07, 6.45) is 2.50. The highest BCUT2D eigenvalue weighted by molar-refractivity contribution is 6.09. The molecule has 0 radical (unpaired) electrons. The molecule has 4 aromatic carbocycles. The number of imide groups is 1. The molecule has 0 saturated carbocycles. The van der Waals surface area contributed by atoms with Gasteiger partial charge in [-0.15, -0.1) is 0 Å². The first-order chi connectivity index (χ1) is 18.2. The molecule has 0 unspecified atom stereocenters. The van der Waals surface area contributed by atoms with Crippen molar-refractivity contribution in [1.82, 2.24) is 5.01 Å². The highest BCUT2D eigenvalue weighted by Gasteiger charge is 2.61. The van der Waals surface area contributed by atoms with E-state index >= 15 is 0 Å². The Labute approximate surface area is 215 Å². The van der Waals surface area contributed by atoms with E-state index in [1.165, 1.54) is 0 Å². The molecule has 4 aromatic rings. The van der Waals surface area contributed by atoms with Crippen LogP contribution in [-0.2, 0) is 9.59 Å². The number of hydrogen-bond donors (Lipinski definition) is 0. The highest BCUT2D eigenvalue weighted by Crippen LogP contribution is 2.60. The van der Waals surface area contributed by atoms with E-state index in [2.05, 4.69) is 36.3 Å². The molecule has 2 amide bonds. The van der Waals surface area contributed by atoms with Gasteiger partial charge in [0.05, 0.1) is 24.7 Å². The van der Waals surface area contributed by atoms with Crippen molar-refractivity contribution in [3.8, 4) is 5.75 Å². The number of nitrogens with zero attached hydrogens (tertiary/aromatic N) is 2. The van der Waals surface area contributed by atoms with Crippen molar-refractivity contribution in [1.29, 1.82) is 0 Å². The fourth-order valence-corrected chi connectivity index (χ4v) is 6.64.